The maximum Gasteiger partial charge on any atom is 0.0537 e. The van der Waals surface area contributed by atoms with Gasteiger partial charge in [0.15, 0.2) is 0 Å². The first-order valence-electron chi connectivity index (χ1n) is 6.37. The zero-order valence-electron chi connectivity index (χ0n) is 10.7. The van der Waals surface area contributed by atoms with E-state index in [2.05, 4.69) is 24.3 Å². The van der Waals surface area contributed by atoms with Gasteiger partial charge in [0.25, 0.3) is 0 Å². The molecule has 90 valence electrons. The van der Waals surface area contributed by atoms with Gasteiger partial charge in [-0.25, -0.2) is 0 Å². The predicted molar refractivity (Wildman–Crippen MR) is 66.2 cm³/mol. The highest BCUT2D eigenvalue weighted by atomic mass is 15.3. The van der Waals surface area contributed by atoms with Crippen molar-refractivity contribution in [2.75, 3.05) is 0 Å². The van der Waals surface area contributed by atoms with E-state index in [4.69, 9.17) is 0 Å². The van der Waals surface area contributed by atoms with Crippen molar-refractivity contribution < 1.29 is 0 Å². The fourth-order valence-electron chi connectivity index (χ4n) is 2.44. The first-order valence-corrected chi connectivity index (χ1v) is 6.37. The van der Waals surface area contributed by atoms with Crippen molar-refractivity contribution in [1.82, 2.24) is 15.1 Å². The molecule has 2 rings (SSSR count). The first-order chi connectivity index (χ1) is 7.66. The smallest absolute Gasteiger partial charge is 0.0537 e. The molecule has 0 aromatic carbocycles. The molecule has 1 aliphatic rings. The molecule has 16 heavy (non-hydrogen) atoms. The lowest BCUT2D eigenvalue weighted by Crippen LogP contribution is -2.32. The van der Waals surface area contributed by atoms with Crippen LogP contribution in [0.1, 0.15) is 43.9 Å². The largest absolute Gasteiger partial charge is 0.310 e. The molecule has 0 unspecified atom stereocenters. The Bertz CT molecular complexity index is 335. The van der Waals surface area contributed by atoms with E-state index < -0.39 is 0 Å². The summed E-state index contributed by atoms with van der Waals surface area (Å²) in [6.45, 7) is 5.47. The van der Waals surface area contributed by atoms with Crippen molar-refractivity contribution in [1.29, 1.82) is 0 Å². The average molecular weight is 221 g/mol. The molecule has 1 aliphatic carbocycles. The lowest BCUT2D eigenvalue weighted by molar-refractivity contribution is 0.306. The molecule has 0 amide bonds. The summed E-state index contributed by atoms with van der Waals surface area (Å²) in [6.07, 6.45) is 7.40. The van der Waals surface area contributed by atoms with Gasteiger partial charge in [0.2, 0.25) is 0 Å². The summed E-state index contributed by atoms with van der Waals surface area (Å²) in [6, 6.07) is 0.718. The van der Waals surface area contributed by atoms with Crippen LogP contribution in [0.5, 0.6) is 0 Å². The molecule has 1 N–H and O–H groups in total. The number of aromatic nitrogens is 2. The van der Waals surface area contributed by atoms with Gasteiger partial charge >= 0.3 is 0 Å². The third-order valence-electron chi connectivity index (χ3n) is 3.93. The van der Waals surface area contributed by atoms with Crippen molar-refractivity contribution >= 4 is 0 Å². The van der Waals surface area contributed by atoms with Crippen LogP contribution in [0.25, 0.3) is 0 Å². The number of nitrogens with zero attached hydrogens (tertiary/aromatic N) is 2. The number of rotatable bonds is 3. The van der Waals surface area contributed by atoms with E-state index in [-0.39, 0.29) is 0 Å². The maximum absolute atomic E-state index is 4.27. The number of hydrogen-bond acceptors (Lipinski definition) is 2. The van der Waals surface area contributed by atoms with Gasteiger partial charge in [-0.3, -0.25) is 4.68 Å². The molecule has 3 heteroatoms. The molecule has 1 saturated carbocycles. The highest BCUT2D eigenvalue weighted by Gasteiger charge is 2.17. The Morgan fingerprint density at radius 2 is 2.06 bits per heavy atom. The predicted octanol–water partition coefficient (Wildman–Crippen LogP) is 2.40. The minimum absolute atomic E-state index is 0.718. The second kappa shape index (κ2) is 5.00. The van der Waals surface area contributed by atoms with Gasteiger partial charge in [-0.2, -0.15) is 5.10 Å². The Kier molecular flexibility index (Phi) is 3.64. The lowest BCUT2D eigenvalue weighted by atomic mass is 9.87. The highest BCUT2D eigenvalue weighted by Crippen LogP contribution is 2.23. The molecule has 0 saturated heterocycles. The highest BCUT2D eigenvalue weighted by molar-refractivity contribution is 5.15. The zero-order chi connectivity index (χ0) is 11.5. The quantitative estimate of drug-likeness (QED) is 0.849. The molecular formula is C13H23N3. The van der Waals surface area contributed by atoms with E-state index in [0.717, 1.165) is 18.5 Å². The van der Waals surface area contributed by atoms with E-state index >= 15 is 0 Å². The summed E-state index contributed by atoms with van der Waals surface area (Å²) in [5.41, 5.74) is 2.61. The molecule has 0 bridgehead atoms. The monoisotopic (exact) mass is 221 g/mol. The van der Waals surface area contributed by atoms with E-state index in [9.17, 15) is 0 Å². The number of hydrogen-bond donors (Lipinski definition) is 1. The average Bonchev–Trinajstić information content (AvgIpc) is 2.60. The van der Waals surface area contributed by atoms with Gasteiger partial charge in [-0.15, -0.1) is 0 Å². The number of aryl methyl sites for hydroxylation is 1. The Hall–Kier alpha value is -0.830. The second-order valence-electron chi connectivity index (χ2n) is 5.22. The summed E-state index contributed by atoms with van der Waals surface area (Å²) >= 11 is 0. The van der Waals surface area contributed by atoms with Crippen LogP contribution in [0.2, 0.25) is 0 Å². The number of nitrogens with one attached hydrogen (secondary N) is 1. The molecule has 1 aromatic heterocycles. The van der Waals surface area contributed by atoms with Crippen molar-refractivity contribution in [2.24, 2.45) is 13.0 Å². The van der Waals surface area contributed by atoms with Crippen LogP contribution in [0, 0.1) is 12.8 Å². The summed E-state index contributed by atoms with van der Waals surface area (Å²) in [5, 5.41) is 7.93. The molecule has 1 heterocycles. The molecule has 3 nitrogen and oxygen atoms in total. The van der Waals surface area contributed by atoms with Crippen LogP contribution in [0.15, 0.2) is 6.20 Å². The van der Waals surface area contributed by atoms with Crippen LogP contribution in [-0.4, -0.2) is 15.8 Å². The fourth-order valence-corrected chi connectivity index (χ4v) is 2.44. The maximum atomic E-state index is 4.27. The normalized spacial score (nSPS) is 25.9. The van der Waals surface area contributed by atoms with Crippen molar-refractivity contribution in [3.63, 3.8) is 0 Å². The minimum Gasteiger partial charge on any atom is -0.310 e. The summed E-state index contributed by atoms with van der Waals surface area (Å²) in [4.78, 5) is 0. The Balaban J connectivity index is 1.81. The Morgan fingerprint density at radius 1 is 1.38 bits per heavy atom. The van der Waals surface area contributed by atoms with Crippen LogP contribution >= 0.6 is 0 Å². The lowest BCUT2D eigenvalue weighted by Gasteiger charge is -2.27. The van der Waals surface area contributed by atoms with Crippen LogP contribution in [0.4, 0.5) is 0 Å². The molecule has 0 radical (unpaired) electrons. The standard InChI is InChI=1S/C13H23N3/c1-10-4-6-13(7-5-10)14-8-12-9-15-16(3)11(12)2/h9-10,13-14H,4-8H2,1-3H3. The van der Waals surface area contributed by atoms with Crippen molar-refractivity contribution in [3.05, 3.63) is 17.5 Å². The fraction of sp³-hybridized carbons (Fsp3) is 0.769. The third kappa shape index (κ3) is 2.64. The van der Waals surface area contributed by atoms with Gasteiger partial charge < -0.3 is 5.32 Å². The first kappa shape index (κ1) is 11.6. The van der Waals surface area contributed by atoms with Crippen LogP contribution in [0.3, 0.4) is 0 Å². The zero-order valence-corrected chi connectivity index (χ0v) is 10.7. The van der Waals surface area contributed by atoms with E-state index in [0.29, 0.717) is 0 Å². The topological polar surface area (TPSA) is 29.9 Å². The van der Waals surface area contributed by atoms with Crippen molar-refractivity contribution in [2.45, 2.75) is 52.1 Å². The second-order valence-corrected chi connectivity index (χ2v) is 5.22. The molecule has 0 atom stereocenters. The van der Waals surface area contributed by atoms with Crippen LogP contribution < -0.4 is 5.32 Å². The molecular weight excluding hydrogens is 198 g/mol. The van der Waals surface area contributed by atoms with Gasteiger partial charge in [0.1, 0.15) is 0 Å². The molecule has 1 aromatic rings. The van der Waals surface area contributed by atoms with Crippen LogP contribution in [-0.2, 0) is 13.6 Å². The van der Waals surface area contributed by atoms with Crippen molar-refractivity contribution in [3.8, 4) is 0 Å². The van der Waals surface area contributed by atoms with E-state index in [1.807, 2.05) is 17.9 Å². The summed E-state index contributed by atoms with van der Waals surface area (Å²) in [5.74, 6) is 0.929. The minimum atomic E-state index is 0.718. The van der Waals surface area contributed by atoms with E-state index in [1.165, 1.54) is 36.9 Å². The van der Waals surface area contributed by atoms with Gasteiger partial charge in [0, 0.05) is 30.9 Å². The SMILES string of the molecule is Cc1c(CNC2CCC(C)CC2)cnn1C. The third-order valence-corrected chi connectivity index (χ3v) is 3.93. The van der Waals surface area contributed by atoms with Gasteiger partial charge in [-0.1, -0.05) is 6.92 Å². The van der Waals surface area contributed by atoms with Gasteiger partial charge in [0.05, 0.1) is 6.20 Å². The Morgan fingerprint density at radius 3 is 2.62 bits per heavy atom. The summed E-state index contributed by atoms with van der Waals surface area (Å²) in [7, 11) is 2.00. The summed E-state index contributed by atoms with van der Waals surface area (Å²) < 4.78 is 1.94. The van der Waals surface area contributed by atoms with E-state index in [1.54, 1.807) is 0 Å². The molecule has 1 fully saturated rings. The van der Waals surface area contributed by atoms with Gasteiger partial charge in [-0.05, 0) is 38.5 Å². The Labute approximate surface area is 98.2 Å². The molecule has 0 aliphatic heterocycles. The molecule has 0 spiro atoms.